The number of nitrogens with one attached hydrogen (secondary N) is 1. The highest BCUT2D eigenvalue weighted by Gasteiger charge is 2.18. The van der Waals surface area contributed by atoms with Gasteiger partial charge in [-0.15, -0.1) is 0 Å². The van der Waals surface area contributed by atoms with Crippen LogP contribution in [0.5, 0.6) is 0 Å². The van der Waals surface area contributed by atoms with E-state index in [1.165, 1.54) is 36.8 Å². The Balaban J connectivity index is 1.78. The van der Waals surface area contributed by atoms with Gasteiger partial charge in [0, 0.05) is 13.7 Å². The fourth-order valence-electron chi connectivity index (χ4n) is 3.18. The summed E-state index contributed by atoms with van der Waals surface area (Å²) in [5.74, 6) is 1.79. The second-order valence-corrected chi connectivity index (χ2v) is 5.97. The smallest absolute Gasteiger partial charge is 0.0716 e. The number of hydrogen-bond donors (Lipinski definition) is 1. The summed E-state index contributed by atoms with van der Waals surface area (Å²) in [6.07, 6.45) is 5.63. The molecule has 1 saturated carbocycles. The molecule has 19 heavy (non-hydrogen) atoms. The maximum absolute atomic E-state index is 5.25. The number of methoxy groups -OCH3 is 1. The maximum Gasteiger partial charge on any atom is 0.0716 e. The number of rotatable bonds is 6. The summed E-state index contributed by atoms with van der Waals surface area (Å²) in [5, 5.41) is 3.64. The first-order valence-electron chi connectivity index (χ1n) is 7.56. The van der Waals surface area contributed by atoms with Crippen LogP contribution in [0.25, 0.3) is 0 Å². The van der Waals surface area contributed by atoms with Gasteiger partial charge in [-0.25, -0.2) is 0 Å². The van der Waals surface area contributed by atoms with Gasteiger partial charge in [0.2, 0.25) is 0 Å². The van der Waals surface area contributed by atoms with Gasteiger partial charge in [-0.05, 0) is 42.3 Å². The lowest BCUT2D eigenvalue weighted by molar-refractivity contribution is 0.184. The van der Waals surface area contributed by atoms with E-state index in [1.807, 2.05) is 0 Å². The summed E-state index contributed by atoms with van der Waals surface area (Å²) >= 11 is 0. The quantitative estimate of drug-likeness (QED) is 0.842. The largest absolute Gasteiger partial charge is 0.380 e. The summed E-state index contributed by atoms with van der Waals surface area (Å²) in [7, 11) is 1.76. The first-order chi connectivity index (χ1) is 9.29. The molecule has 1 aromatic carbocycles. The van der Waals surface area contributed by atoms with Crippen molar-refractivity contribution in [1.82, 2.24) is 5.32 Å². The van der Waals surface area contributed by atoms with Crippen LogP contribution < -0.4 is 5.32 Å². The van der Waals surface area contributed by atoms with Gasteiger partial charge >= 0.3 is 0 Å². The Kier molecular flexibility index (Phi) is 5.87. The number of ether oxygens (including phenoxy) is 1. The average molecular weight is 261 g/mol. The normalized spacial score (nSPS) is 23.5. The third-order valence-corrected chi connectivity index (χ3v) is 4.21. The van der Waals surface area contributed by atoms with Crippen molar-refractivity contribution in [3.63, 3.8) is 0 Å². The molecule has 1 aromatic rings. The second kappa shape index (κ2) is 7.66. The minimum absolute atomic E-state index is 0.707. The maximum atomic E-state index is 5.25. The summed E-state index contributed by atoms with van der Waals surface area (Å²) in [5.41, 5.74) is 2.67. The molecule has 1 fully saturated rings. The van der Waals surface area contributed by atoms with Crippen LogP contribution in [0, 0.1) is 11.8 Å². The van der Waals surface area contributed by atoms with Gasteiger partial charge in [-0.1, -0.05) is 44.0 Å². The van der Waals surface area contributed by atoms with Crippen LogP contribution in [0.3, 0.4) is 0 Å². The minimum Gasteiger partial charge on any atom is -0.380 e. The summed E-state index contributed by atoms with van der Waals surface area (Å²) in [6, 6.07) is 8.55. The van der Waals surface area contributed by atoms with Gasteiger partial charge in [-0.2, -0.15) is 0 Å². The molecule has 0 heterocycles. The van der Waals surface area contributed by atoms with E-state index in [2.05, 4.69) is 36.5 Å². The molecule has 2 nitrogen and oxygen atoms in total. The monoisotopic (exact) mass is 261 g/mol. The molecule has 106 valence electrons. The lowest BCUT2D eigenvalue weighted by atomic mass is 9.82. The zero-order valence-electron chi connectivity index (χ0n) is 12.3. The van der Waals surface area contributed by atoms with Gasteiger partial charge in [0.1, 0.15) is 0 Å². The summed E-state index contributed by atoms with van der Waals surface area (Å²) in [6.45, 7) is 5.22. The number of benzene rings is 1. The van der Waals surface area contributed by atoms with Gasteiger partial charge in [0.25, 0.3) is 0 Å². The summed E-state index contributed by atoms with van der Waals surface area (Å²) in [4.78, 5) is 0. The van der Waals surface area contributed by atoms with E-state index in [-0.39, 0.29) is 0 Å². The van der Waals surface area contributed by atoms with E-state index in [4.69, 9.17) is 4.74 Å². The molecule has 2 heteroatoms. The lowest BCUT2D eigenvalue weighted by Gasteiger charge is -2.27. The molecule has 1 N–H and O–H groups in total. The standard InChI is InChI=1S/C17H27NO/c1-14-6-5-7-15(10-14)11-18-12-16-8-3-4-9-17(16)13-19-2/h3-4,8-9,14-15,18H,5-7,10-13H2,1-2H3. The molecular weight excluding hydrogens is 234 g/mol. The molecule has 0 saturated heterocycles. The fraction of sp³-hybridized carbons (Fsp3) is 0.647. The SMILES string of the molecule is COCc1ccccc1CNCC1CCCC(C)C1. The highest BCUT2D eigenvalue weighted by atomic mass is 16.5. The van der Waals surface area contributed by atoms with Crippen LogP contribution in [-0.4, -0.2) is 13.7 Å². The van der Waals surface area contributed by atoms with Crippen LogP contribution in [0.15, 0.2) is 24.3 Å². The Bertz CT molecular complexity index is 377. The Morgan fingerprint density at radius 3 is 2.74 bits per heavy atom. The first kappa shape index (κ1) is 14.5. The van der Waals surface area contributed by atoms with Crippen LogP contribution in [0.4, 0.5) is 0 Å². The van der Waals surface area contributed by atoms with Crippen molar-refractivity contribution >= 4 is 0 Å². The zero-order valence-corrected chi connectivity index (χ0v) is 12.3. The van der Waals surface area contributed by atoms with Crippen molar-refractivity contribution in [2.24, 2.45) is 11.8 Å². The molecule has 2 rings (SSSR count). The molecular formula is C17H27NO. The van der Waals surface area contributed by atoms with Crippen molar-refractivity contribution in [2.45, 2.75) is 45.8 Å². The van der Waals surface area contributed by atoms with Crippen molar-refractivity contribution < 1.29 is 4.74 Å². The first-order valence-corrected chi connectivity index (χ1v) is 7.56. The summed E-state index contributed by atoms with van der Waals surface area (Å²) < 4.78 is 5.25. The molecule has 0 amide bonds. The minimum atomic E-state index is 0.707. The average Bonchev–Trinajstić information content (AvgIpc) is 2.41. The third kappa shape index (κ3) is 4.63. The van der Waals surface area contributed by atoms with E-state index < -0.39 is 0 Å². The zero-order chi connectivity index (χ0) is 13.5. The van der Waals surface area contributed by atoms with Gasteiger partial charge in [0.15, 0.2) is 0 Å². The van der Waals surface area contributed by atoms with Crippen LogP contribution in [0.2, 0.25) is 0 Å². The van der Waals surface area contributed by atoms with Crippen molar-refractivity contribution in [3.8, 4) is 0 Å². The highest BCUT2D eigenvalue weighted by molar-refractivity contribution is 5.26. The molecule has 0 spiro atoms. The molecule has 1 aliphatic rings. The Morgan fingerprint density at radius 2 is 2.00 bits per heavy atom. The molecule has 0 aliphatic heterocycles. The van der Waals surface area contributed by atoms with Gasteiger partial charge in [0.05, 0.1) is 6.61 Å². The van der Waals surface area contributed by atoms with E-state index in [1.54, 1.807) is 7.11 Å². The van der Waals surface area contributed by atoms with E-state index in [0.717, 1.165) is 24.9 Å². The Morgan fingerprint density at radius 1 is 1.21 bits per heavy atom. The van der Waals surface area contributed by atoms with Crippen LogP contribution in [0.1, 0.15) is 43.7 Å². The predicted molar refractivity (Wildman–Crippen MR) is 80.0 cm³/mol. The van der Waals surface area contributed by atoms with E-state index in [0.29, 0.717) is 6.61 Å². The van der Waals surface area contributed by atoms with Crippen LogP contribution >= 0.6 is 0 Å². The van der Waals surface area contributed by atoms with Crippen LogP contribution in [-0.2, 0) is 17.9 Å². The van der Waals surface area contributed by atoms with E-state index >= 15 is 0 Å². The van der Waals surface area contributed by atoms with Crippen molar-refractivity contribution in [2.75, 3.05) is 13.7 Å². The fourth-order valence-corrected chi connectivity index (χ4v) is 3.18. The topological polar surface area (TPSA) is 21.3 Å². The Hall–Kier alpha value is -0.860. The molecule has 0 aromatic heterocycles. The second-order valence-electron chi connectivity index (χ2n) is 5.97. The third-order valence-electron chi connectivity index (χ3n) is 4.21. The van der Waals surface area contributed by atoms with Gasteiger partial charge < -0.3 is 10.1 Å². The molecule has 1 aliphatic carbocycles. The van der Waals surface area contributed by atoms with Gasteiger partial charge in [-0.3, -0.25) is 0 Å². The van der Waals surface area contributed by atoms with E-state index in [9.17, 15) is 0 Å². The van der Waals surface area contributed by atoms with Crippen molar-refractivity contribution in [3.05, 3.63) is 35.4 Å². The Labute approximate surface area is 117 Å². The molecule has 0 bridgehead atoms. The number of hydrogen-bond acceptors (Lipinski definition) is 2. The molecule has 2 unspecified atom stereocenters. The molecule has 2 atom stereocenters. The highest BCUT2D eigenvalue weighted by Crippen LogP contribution is 2.28. The predicted octanol–water partition coefficient (Wildman–Crippen LogP) is 3.75. The lowest BCUT2D eigenvalue weighted by Crippen LogP contribution is -2.26. The van der Waals surface area contributed by atoms with Crippen molar-refractivity contribution in [1.29, 1.82) is 0 Å². The molecule has 0 radical (unpaired) electrons.